The Balaban J connectivity index is -0.0000000351. The molecular formula is C46H114. The highest BCUT2D eigenvalue weighted by molar-refractivity contribution is 4.64. The molecule has 1 unspecified atom stereocenters. The first kappa shape index (κ1) is 76.0. The Hall–Kier alpha value is 0. The molecule has 0 N–H and O–H groups in total. The zero-order chi connectivity index (χ0) is 34.9. The van der Waals surface area contributed by atoms with E-state index < -0.39 is 0 Å². The first-order valence-electron chi connectivity index (χ1n) is 19.5. The molecule has 0 amide bonds. The monoisotopic (exact) mass is 667 g/mol. The second-order valence-corrected chi connectivity index (χ2v) is 14.9. The fourth-order valence-electron chi connectivity index (χ4n) is 3.33. The summed E-state index contributed by atoms with van der Waals surface area (Å²) in [4.78, 5) is 0. The minimum absolute atomic E-state index is 0. The van der Waals surface area contributed by atoms with E-state index in [-0.39, 0.29) is 29.7 Å². The van der Waals surface area contributed by atoms with Crippen LogP contribution in [0.4, 0.5) is 0 Å². The Labute approximate surface area is 305 Å². The highest BCUT2D eigenvalue weighted by Gasteiger charge is 2.13. The molecular weight excluding hydrogens is 553 g/mol. The van der Waals surface area contributed by atoms with Crippen molar-refractivity contribution in [1.29, 1.82) is 0 Å². The number of rotatable bonds is 14. The lowest BCUT2D eigenvalue weighted by Crippen LogP contribution is -2.09. The molecule has 0 nitrogen and oxygen atoms in total. The lowest BCUT2D eigenvalue weighted by atomic mass is 9.84. The average molecular weight is 667 g/mol. The van der Waals surface area contributed by atoms with Gasteiger partial charge in [0, 0.05) is 0 Å². The van der Waals surface area contributed by atoms with Crippen molar-refractivity contribution in [2.24, 2.45) is 22.7 Å². The van der Waals surface area contributed by atoms with Crippen LogP contribution in [0.3, 0.4) is 0 Å². The standard InChI is InChI=1S/C9H20.C8H18.2C7H16.C6H14.C3H8.C2H6.4CH4/c1-6-8(2)7-9(3,4)5;1-3-5-7-8-6-4-2;1-4-5-6-7(2)3;1-3-5-7-6-4-2;1-5-6(2,3)4;1-3-2;1-2;;;;/h8H,6-7H2,1-5H3;3-8H2,1-2H3;7H,4-6H2,1-3H3;3-7H2,1-2H3;5H2,1-4H3;3H2,1-2H3;1-2H3;4*1H4. The van der Waals surface area contributed by atoms with E-state index in [1.165, 1.54) is 116 Å². The largest absolute Gasteiger partial charge is 0.0776 e. The predicted octanol–water partition coefficient (Wildman–Crippen LogP) is 20.1. The molecule has 0 rings (SSSR count). The fourth-order valence-corrected chi connectivity index (χ4v) is 3.33. The van der Waals surface area contributed by atoms with Crippen LogP contribution in [0.5, 0.6) is 0 Å². The Kier molecular flexibility index (Phi) is 111. The Bertz CT molecular complexity index is 341. The van der Waals surface area contributed by atoms with Crippen LogP contribution < -0.4 is 0 Å². The maximum Gasteiger partial charge on any atom is -0.0380 e. The van der Waals surface area contributed by atoms with Crippen molar-refractivity contribution in [3.8, 4) is 0 Å². The summed E-state index contributed by atoms with van der Waals surface area (Å²) in [6.07, 6.45) is 24.8. The summed E-state index contributed by atoms with van der Waals surface area (Å²) in [5, 5.41) is 0. The van der Waals surface area contributed by atoms with Crippen molar-refractivity contribution < 1.29 is 0 Å². The summed E-state index contributed by atoms with van der Waals surface area (Å²) in [6, 6.07) is 0. The van der Waals surface area contributed by atoms with Crippen LogP contribution in [0.2, 0.25) is 0 Å². The van der Waals surface area contributed by atoms with Crippen molar-refractivity contribution in [3.05, 3.63) is 0 Å². The van der Waals surface area contributed by atoms with Crippen LogP contribution in [0.1, 0.15) is 284 Å². The average Bonchev–Trinajstić information content (AvgIpc) is 2.92. The maximum atomic E-state index is 2.32. The molecule has 0 spiro atoms. The van der Waals surface area contributed by atoms with Gasteiger partial charge in [0.05, 0.1) is 0 Å². The third kappa shape index (κ3) is 154. The van der Waals surface area contributed by atoms with E-state index in [2.05, 4.69) is 125 Å². The molecule has 0 bridgehead atoms. The van der Waals surface area contributed by atoms with E-state index in [1.54, 1.807) is 0 Å². The highest BCUT2D eigenvalue weighted by atomic mass is 14.2. The van der Waals surface area contributed by atoms with Gasteiger partial charge in [-0.3, -0.25) is 0 Å². The van der Waals surface area contributed by atoms with Crippen LogP contribution in [-0.2, 0) is 0 Å². The Morgan fingerprint density at radius 1 is 0.413 bits per heavy atom. The number of hydrogen-bond acceptors (Lipinski definition) is 0. The Morgan fingerprint density at radius 3 is 0.761 bits per heavy atom. The molecule has 0 aromatic rings. The van der Waals surface area contributed by atoms with Crippen LogP contribution in [-0.4, -0.2) is 0 Å². The summed E-state index contributed by atoms with van der Waals surface area (Å²) in [6.45, 7) is 44.5. The Morgan fingerprint density at radius 2 is 0.652 bits per heavy atom. The minimum atomic E-state index is 0. The smallest absolute Gasteiger partial charge is 0.0380 e. The molecule has 0 fully saturated rings. The van der Waals surface area contributed by atoms with E-state index in [0.717, 1.165) is 11.8 Å². The molecule has 0 heteroatoms. The van der Waals surface area contributed by atoms with Gasteiger partial charge in [-0.1, -0.05) is 277 Å². The third-order valence-electron chi connectivity index (χ3n) is 6.52. The summed E-state index contributed by atoms with van der Waals surface area (Å²) >= 11 is 0. The lowest BCUT2D eigenvalue weighted by Gasteiger charge is -2.21. The molecule has 1 atom stereocenters. The second-order valence-electron chi connectivity index (χ2n) is 14.9. The molecule has 0 heterocycles. The van der Waals surface area contributed by atoms with Crippen molar-refractivity contribution in [3.63, 3.8) is 0 Å². The molecule has 0 radical (unpaired) electrons. The third-order valence-corrected chi connectivity index (χ3v) is 6.52. The van der Waals surface area contributed by atoms with E-state index >= 15 is 0 Å². The second kappa shape index (κ2) is 67.2. The molecule has 0 aliphatic heterocycles. The first-order chi connectivity index (χ1) is 19.5. The van der Waals surface area contributed by atoms with Crippen molar-refractivity contribution >= 4 is 0 Å². The summed E-state index contributed by atoms with van der Waals surface area (Å²) < 4.78 is 0. The van der Waals surface area contributed by atoms with Gasteiger partial charge < -0.3 is 0 Å². The molecule has 0 saturated heterocycles. The van der Waals surface area contributed by atoms with Gasteiger partial charge in [0.2, 0.25) is 0 Å². The van der Waals surface area contributed by atoms with Crippen molar-refractivity contribution in [2.45, 2.75) is 284 Å². The van der Waals surface area contributed by atoms with Crippen molar-refractivity contribution in [1.82, 2.24) is 0 Å². The SMILES string of the molecule is C.C.C.C.CC.CCC.CCC(C)(C)C.CCC(C)CC(C)(C)C.CCCCC(C)C.CCCCCCC.CCCCCCCC. The van der Waals surface area contributed by atoms with E-state index in [0.29, 0.717) is 10.8 Å². The van der Waals surface area contributed by atoms with Gasteiger partial charge in [0.15, 0.2) is 0 Å². The van der Waals surface area contributed by atoms with Crippen LogP contribution in [0, 0.1) is 22.7 Å². The van der Waals surface area contributed by atoms with E-state index in [4.69, 9.17) is 0 Å². The fraction of sp³-hybridized carbons (Fsp3) is 1.00. The zero-order valence-electron chi connectivity index (χ0n) is 34.9. The maximum absolute atomic E-state index is 2.32. The lowest BCUT2D eigenvalue weighted by molar-refractivity contribution is 0.302. The van der Waals surface area contributed by atoms with Crippen LogP contribution in [0.25, 0.3) is 0 Å². The van der Waals surface area contributed by atoms with E-state index in [1.807, 2.05) is 13.8 Å². The van der Waals surface area contributed by atoms with Gasteiger partial charge in [0.25, 0.3) is 0 Å². The van der Waals surface area contributed by atoms with Crippen molar-refractivity contribution in [2.75, 3.05) is 0 Å². The number of unbranched alkanes of at least 4 members (excludes halogenated alkanes) is 10. The molecule has 0 aliphatic carbocycles. The molecule has 46 heavy (non-hydrogen) atoms. The summed E-state index contributed by atoms with van der Waals surface area (Å²) in [5.41, 5.74) is 1.06. The molecule has 298 valence electrons. The topological polar surface area (TPSA) is 0 Å². The highest BCUT2D eigenvalue weighted by Crippen LogP contribution is 2.25. The molecule has 0 aromatic heterocycles. The van der Waals surface area contributed by atoms with Gasteiger partial charge in [0.1, 0.15) is 0 Å². The van der Waals surface area contributed by atoms with Gasteiger partial charge >= 0.3 is 0 Å². The van der Waals surface area contributed by atoms with E-state index in [9.17, 15) is 0 Å². The van der Waals surface area contributed by atoms with Crippen LogP contribution in [0.15, 0.2) is 0 Å². The minimum Gasteiger partial charge on any atom is -0.0776 e. The van der Waals surface area contributed by atoms with Gasteiger partial charge in [-0.15, -0.1) is 0 Å². The predicted molar refractivity (Wildman–Crippen MR) is 235 cm³/mol. The van der Waals surface area contributed by atoms with Gasteiger partial charge in [-0.25, -0.2) is 0 Å². The van der Waals surface area contributed by atoms with Gasteiger partial charge in [-0.05, 0) is 29.1 Å². The zero-order valence-corrected chi connectivity index (χ0v) is 34.9. The molecule has 0 aromatic carbocycles. The summed E-state index contributed by atoms with van der Waals surface area (Å²) in [5.74, 6) is 1.80. The summed E-state index contributed by atoms with van der Waals surface area (Å²) in [7, 11) is 0. The molecule has 0 saturated carbocycles. The normalized spacial score (nSPS) is 9.85. The number of hydrogen-bond donors (Lipinski definition) is 0. The van der Waals surface area contributed by atoms with Gasteiger partial charge in [-0.2, -0.15) is 0 Å². The molecule has 0 aliphatic rings. The first-order valence-corrected chi connectivity index (χ1v) is 19.5. The quantitative estimate of drug-likeness (QED) is 0.162. The van der Waals surface area contributed by atoms with Crippen LogP contribution >= 0.6 is 0 Å².